The van der Waals surface area contributed by atoms with Gasteiger partial charge >= 0.3 is 201 Å². The third-order valence-corrected chi connectivity index (χ3v) is 24.0. The first-order valence-electron chi connectivity index (χ1n) is 13.4. The quantitative estimate of drug-likeness (QED) is 0.245. The zero-order valence-corrected chi connectivity index (χ0v) is 23.6. The van der Waals surface area contributed by atoms with E-state index in [0.29, 0.717) is 24.7 Å². The van der Waals surface area contributed by atoms with Gasteiger partial charge in [-0.3, -0.25) is 0 Å². The van der Waals surface area contributed by atoms with Gasteiger partial charge in [0.2, 0.25) is 0 Å². The Morgan fingerprint density at radius 3 is 2.06 bits per heavy atom. The van der Waals surface area contributed by atoms with Crippen LogP contribution in [0.1, 0.15) is 84.1 Å². The summed E-state index contributed by atoms with van der Waals surface area (Å²) in [5, 5.41) is 0. The van der Waals surface area contributed by atoms with Crippen LogP contribution in [0, 0.1) is 11.8 Å². The molecule has 32 heavy (non-hydrogen) atoms. The molecule has 3 nitrogen and oxygen atoms in total. The number of amides is 1. The second kappa shape index (κ2) is 12.6. The minimum atomic E-state index is -2.47. The predicted molar refractivity (Wildman–Crippen MR) is 136 cm³/mol. The number of carbonyl (C=O) groups excluding carboxylic acids is 2. The molecule has 1 aromatic carbocycles. The van der Waals surface area contributed by atoms with Crippen molar-refractivity contribution in [2.24, 2.45) is 11.8 Å². The molecule has 1 saturated carbocycles. The molecule has 0 unspecified atom stereocenters. The van der Waals surface area contributed by atoms with Crippen molar-refractivity contribution < 1.29 is 9.59 Å². The molecule has 1 aromatic rings. The Kier molecular flexibility index (Phi) is 10.1. The van der Waals surface area contributed by atoms with Gasteiger partial charge in [0, 0.05) is 0 Å². The van der Waals surface area contributed by atoms with Gasteiger partial charge in [0.25, 0.3) is 0 Å². The molecular weight excluding hydrogens is 501 g/mol. The molecule has 4 heteroatoms. The van der Waals surface area contributed by atoms with E-state index in [1.165, 1.54) is 56.3 Å². The molecule has 0 spiro atoms. The van der Waals surface area contributed by atoms with Gasteiger partial charge in [0.1, 0.15) is 0 Å². The van der Waals surface area contributed by atoms with Crippen molar-refractivity contribution in [2.45, 2.75) is 109 Å². The fraction of sp³-hybridized carbons (Fsp3) is 0.714. The fourth-order valence-corrected chi connectivity index (χ4v) is 23.8. The number of likely N-dealkylation sites (tertiary alicyclic amines) is 1. The summed E-state index contributed by atoms with van der Waals surface area (Å²) in [6, 6.07) is 10.1. The molecule has 0 aromatic heterocycles. The van der Waals surface area contributed by atoms with Crippen LogP contribution in [0.25, 0.3) is 0 Å². The summed E-state index contributed by atoms with van der Waals surface area (Å²) in [5.74, 6) is 1.02. The van der Waals surface area contributed by atoms with E-state index in [1.54, 1.807) is 0 Å². The van der Waals surface area contributed by atoms with Crippen LogP contribution in [0.2, 0.25) is 17.7 Å². The molecule has 1 saturated heterocycles. The van der Waals surface area contributed by atoms with Gasteiger partial charge < -0.3 is 0 Å². The molecular formula is C28H45NO2Sn. The van der Waals surface area contributed by atoms with E-state index < -0.39 is 18.4 Å². The maximum absolute atomic E-state index is 13.9. The van der Waals surface area contributed by atoms with Gasteiger partial charge in [0.05, 0.1) is 0 Å². The zero-order valence-electron chi connectivity index (χ0n) is 20.8. The van der Waals surface area contributed by atoms with Crippen LogP contribution in [0.3, 0.4) is 0 Å². The number of benzene rings is 1. The normalized spacial score (nSPS) is 23.6. The summed E-state index contributed by atoms with van der Waals surface area (Å²) in [5.41, 5.74) is 1.15. The first kappa shape index (κ1) is 25.8. The van der Waals surface area contributed by atoms with Gasteiger partial charge in [-0.15, -0.1) is 0 Å². The molecule has 1 amide bonds. The second-order valence-electron chi connectivity index (χ2n) is 10.5. The molecule has 0 bridgehead atoms. The van der Waals surface area contributed by atoms with Crippen molar-refractivity contribution in [1.29, 1.82) is 0 Å². The third-order valence-electron chi connectivity index (χ3n) is 8.18. The van der Waals surface area contributed by atoms with E-state index >= 15 is 0 Å². The standard InChI is InChI=1S/C16H18NO2.3C4H9.Sn/c1-11-13-8-5-9-14(18)15(13)17(16(11)19)10-12-6-3-2-4-7-12;3*1-3-4-2;/h2-4,6-7,11,13,15H,1,5,8-10H2;3*1,3-4H2,2H3;/t11-,13-,15-;;;;/m1..../s1. The van der Waals surface area contributed by atoms with Gasteiger partial charge in [-0.25, -0.2) is 0 Å². The summed E-state index contributed by atoms with van der Waals surface area (Å²) in [4.78, 5) is 29.0. The Morgan fingerprint density at radius 2 is 1.50 bits per heavy atom. The molecule has 1 heterocycles. The van der Waals surface area contributed by atoms with Crippen LogP contribution in [-0.4, -0.2) is 41.0 Å². The number of unbranched alkanes of at least 4 members (excludes halogenated alkanes) is 3. The number of fused-ring (bicyclic) bond motifs is 1. The van der Waals surface area contributed by atoms with Crippen molar-refractivity contribution in [3.05, 3.63) is 35.9 Å². The third kappa shape index (κ3) is 6.18. The molecule has 3 atom stereocenters. The Morgan fingerprint density at radius 1 is 0.906 bits per heavy atom. The van der Waals surface area contributed by atoms with Crippen molar-refractivity contribution in [1.82, 2.24) is 4.90 Å². The molecule has 0 radical (unpaired) electrons. The Balaban J connectivity index is 1.88. The van der Waals surface area contributed by atoms with Crippen molar-refractivity contribution in [2.75, 3.05) is 0 Å². The number of hydrogen-bond donors (Lipinski definition) is 0. The van der Waals surface area contributed by atoms with Crippen LogP contribution < -0.4 is 0 Å². The molecule has 178 valence electrons. The van der Waals surface area contributed by atoms with Gasteiger partial charge in [0.15, 0.2) is 0 Å². The first-order valence-corrected chi connectivity index (χ1v) is 21.5. The van der Waals surface area contributed by atoms with E-state index in [9.17, 15) is 9.59 Å². The van der Waals surface area contributed by atoms with Crippen LogP contribution in [0.5, 0.6) is 0 Å². The first-order chi connectivity index (χ1) is 15.5. The van der Waals surface area contributed by atoms with E-state index in [-0.39, 0.29) is 17.9 Å². The van der Waals surface area contributed by atoms with Crippen LogP contribution in [0.4, 0.5) is 0 Å². The Hall–Kier alpha value is -0.841. The summed E-state index contributed by atoms with van der Waals surface area (Å²) in [6.07, 6.45) is 10.5. The molecule has 1 aliphatic heterocycles. The maximum atomic E-state index is 13.9. The molecule has 2 aliphatic rings. The van der Waals surface area contributed by atoms with Crippen molar-refractivity contribution >= 4 is 30.1 Å². The number of hydrogen-bond acceptors (Lipinski definition) is 2. The number of carbonyl (C=O) groups is 2. The van der Waals surface area contributed by atoms with E-state index in [1.807, 2.05) is 23.1 Å². The summed E-state index contributed by atoms with van der Waals surface area (Å²) < 4.78 is 5.53. The molecule has 3 rings (SSSR count). The molecule has 1 aliphatic carbocycles. The van der Waals surface area contributed by atoms with E-state index in [0.717, 1.165) is 18.4 Å². The average Bonchev–Trinajstić information content (AvgIpc) is 3.07. The zero-order chi connectivity index (χ0) is 23.0. The van der Waals surface area contributed by atoms with Gasteiger partial charge in [-0.1, -0.05) is 0 Å². The molecule has 2 fully saturated rings. The van der Waals surface area contributed by atoms with Gasteiger partial charge in [-0.2, -0.15) is 0 Å². The minimum absolute atomic E-state index is 0.120. The second-order valence-corrected chi connectivity index (χ2v) is 24.5. The average molecular weight is 546 g/mol. The summed E-state index contributed by atoms with van der Waals surface area (Å²) in [6.45, 7) is 7.54. The van der Waals surface area contributed by atoms with Crippen LogP contribution >= 0.6 is 0 Å². The Labute approximate surface area is 200 Å². The summed E-state index contributed by atoms with van der Waals surface area (Å²) >= 11 is -2.47. The van der Waals surface area contributed by atoms with Gasteiger partial charge in [-0.05, 0) is 0 Å². The Bertz CT molecular complexity index is 712. The monoisotopic (exact) mass is 547 g/mol. The molecule has 0 N–H and O–H groups in total. The predicted octanol–water partition coefficient (Wildman–Crippen LogP) is 7.23. The summed E-state index contributed by atoms with van der Waals surface area (Å²) in [7, 11) is 0. The topological polar surface area (TPSA) is 37.4 Å². The van der Waals surface area contributed by atoms with Crippen molar-refractivity contribution in [3.63, 3.8) is 0 Å². The number of rotatable bonds is 13. The number of Topliss-reactive ketones (excluding diaryl/α,β-unsaturated/α-hetero) is 1. The SMILES string of the molecule is CCC[CH2][Sn]([CH2]CCC)([CH2]CCC)[CH2][C@H]1C(=O)N(Cc2ccccc2)[C@H]2C(=O)CCC[C@H]12. The number of nitrogens with zero attached hydrogens (tertiary/aromatic N) is 1. The van der Waals surface area contributed by atoms with Crippen LogP contribution in [0.15, 0.2) is 30.3 Å². The number of ketones is 1. The van der Waals surface area contributed by atoms with Crippen LogP contribution in [-0.2, 0) is 16.1 Å². The van der Waals surface area contributed by atoms with Crippen molar-refractivity contribution in [3.8, 4) is 0 Å². The van der Waals surface area contributed by atoms with E-state index in [2.05, 4.69) is 32.9 Å². The van der Waals surface area contributed by atoms with E-state index in [4.69, 9.17) is 0 Å². The fourth-order valence-electron chi connectivity index (χ4n) is 6.41.